The molecule has 0 aromatic rings. The van der Waals surface area contributed by atoms with Crippen LogP contribution < -0.4 is 0 Å². The number of esters is 1. The molecule has 8 unspecified atom stereocenters. The number of carbonyl (C=O) groups is 1. The van der Waals surface area contributed by atoms with E-state index in [4.69, 9.17) is 4.74 Å². The van der Waals surface area contributed by atoms with E-state index in [0.29, 0.717) is 18.4 Å². The van der Waals surface area contributed by atoms with Crippen LogP contribution in [0.5, 0.6) is 0 Å². The van der Waals surface area contributed by atoms with Crippen molar-refractivity contribution in [1.82, 2.24) is 0 Å². The van der Waals surface area contributed by atoms with Crippen LogP contribution in [0.25, 0.3) is 0 Å². The minimum Gasteiger partial charge on any atom is -0.465 e. The van der Waals surface area contributed by atoms with Gasteiger partial charge in [-0.05, 0) is 60.7 Å². The van der Waals surface area contributed by atoms with Crippen LogP contribution in [-0.4, -0.2) is 12.6 Å². The summed E-state index contributed by atoms with van der Waals surface area (Å²) >= 11 is 0. The summed E-state index contributed by atoms with van der Waals surface area (Å²) in [6.45, 7) is 4.93. The van der Waals surface area contributed by atoms with Crippen LogP contribution in [0, 0.1) is 47.3 Å². The summed E-state index contributed by atoms with van der Waals surface area (Å²) in [6.07, 6.45) is 9.77. The fourth-order valence-corrected chi connectivity index (χ4v) is 5.74. The molecule has 4 aliphatic carbocycles. The Morgan fingerprint density at radius 3 is 2.70 bits per heavy atom. The summed E-state index contributed by atoms with van der Waals surface area (Å²) in [4.78, 5) is 12.4. The van der Waals surface area contributed by atoms with Crippen molar-refractivity contribution in [1.29, 1.82) is 0 Å². The first-order valence-electron chi connectivity index (χ1n) is 8.54. The Morgan fingerprint density at radius 2 is 1.95 bits per heavy atom. The van der Waals surface area contributed by atoms with Gasteiger partial charge in [0.15, 0.2) is 0 Å². The Balaban J connectivity index is 1.43. The maximum absolute atomic E-state index is 12.4. The quantitative estimate of drug-likeness (QED) is 0.444. The third-order valence-corrected chi connectivity index (χ3v) is 6.78. The molecule has 0 spiro atoms. The molecule has 0 heterocycles. The minimum absolute atomic E-state index is 0.114. The molecular weight excluding hydrogens is 248 g/mol. The molecule has 0 aliphatic heterocycles. The van der Waals surface area contributed by atoms with Crippen molar-refractivity contribution < 1.29 is 9.53 Å². The van der Waals surface area contributed by atoms with Gasteiger partial charge in [0.2, 0.25) is 0 Å². The molecule has 110 valence electrons. The highest BCUT2D eigenvalue weighted by Crippen LogP contribution is 2.67. The van der Waals surface area contributed by atoms with Crippen LogP contribution in [0.3, 0.4) is 0 Å². The summed E-state index contributed by atoms with van der Waals surface area (Å²) in [5.74, 6) is 5.62. The molecule has 2 nitrogen and oxygen atoms in total. The number of allylic oxidation sites excluding steroid dienone is 2. The van der Waals surface area contributed by atoms with Crippen LogP contribution >= 0.6 is 0 Å². The zero-order chi connectivity index (χ0) is 13.9. The maximum atomic E-state index is 12.4. The monoisotopic (exact) mass is 274 g/mol. The molecular formula is C18H26O2. The highest BCUT2D eigenvalue weighted by atomic mass is 16.5. The lowest BCUT2D eigenvalue weighted by atomic mass is 9.69. The lowest BCUT2D eigenvalue weighted by molar-refractivity contribution is -0.153. The van der Waals surface area contributed by atoms with Gasteiger partial charge in [-0.3, -0.25) is 4.79 Å². The standard InChI is InChI=1S/C18H26O2/c1-3-10(2)9-20-18(19)15-8-13-7-14(15)17-12-5-4-11(6-12)16(13)17/h4-5,10-17H,3,6-9H2,1-2H3. The fourth-order valence-electron chi connectivity index (χ4n) is 5.74. The summed E-state index contributed by atoms with van der Waals surface area (Å²) in [5.41, 5.74) is 0. The van der Waals surface area contributed by atoms with E-state index in [1.165, 1.54) is 12.8 Å². The highest BCUT2D eigenvalue weighted by Gasteiger charge is 2.62. The van der Waals surface area contributed by atoms with Gasteiger partial charge in [-0.15, -0.1) is 0 Å². The first-order valence-corrected chi connectivity index (χ1v) is 8.54. The summed E-state index contributed by atoms with van der Waals surface area (Å²) in [6, 6.07) is 0. The molecule has 0 N–H and O–H groups in total. The van der Waals surface area contributed by atoms with E-state index in [2.05, 4.69) is 26.0 Å². The molecule has 3 fully saturated rings. The zero-order valence-electron chi connectivity index (χ0n) is 12.6. The largest absolute Gasteiger partial charge is 0.465 e. The summed E-state index contributed by atoms with van der Waals surface area (Å²) < 4.78 is 5.60. The van der Waals surface area contributed by atoms with Gasteiger partial charge in [0, 0.05) is 0 Å². The molecule has 4 bridgehead atoms. The fraction of sp³-hybridized carbons (Fsp3) is 0.833. The molecule has 3 saturated carbocycles. The highest BCUT2D eigenvalue weighted by molar-refractivity contribution is 5.73. The number of hydrogen-bond acceptors (Lipinski definition) is 2. The second-order valence-electron chi connectivity index (χ2n) is 7.75. The first kappa shape index (κ1) is 12.9. The van der Waals surface area contributed by atoms with E-state index < -0.39 is 0 Å². The SMILES string of the molecule is CCC(C)COC(=O)C1CC2CC1C1C3C=CC(C3)C21. The zero-order valence-corrected chi connectivity index (χ0v) is 12.6. The van der Waals surface area contributed by atoms with Crippen LogP contribution in [0.1, 0.15) is 39.5 Å². The van der Waals surface area contributed by atoms with Crippen LogP contribution in [-0.2, 0) is 9.53 Å². The number of fused-ring (bicyclic) bond motifs is 9. The smallest absolute Gasteiger partial charge is 0.309 e. The van der Waals surface area contributed by atoms with Gasteiger partial charge in [0.05, 0.1) is 12.5 Å². The van der Waals surface area contributed by atoms with E-state index in [1.807, 2.05) is 0 Å². The van der Waals surface area contributed by atoms with Crippen molar-refractivity contribution in [3.63, 3.8) is 0 Å². The second-order valence-corrected chi connectivity index (χ2v) is 7.75. The van der Waals surface area contributed by atoms with Gasteiger partial charge in [0.1, 0.15) is 0 Å². The Morgan fingerprint density at radius 1 is 1.20 bits per heavy atom. The Bertz CT molecular complexity index is 441. The average molecular weight is 274 g/mol. The van der Waals surface area contributed by atoms with E-state index in [1.54, 1.807) is 0 Å². The van der Waals surface area contributed by atoms with Crippen molar-refractivity contribution in [3.05, 3.63) is 12.2 Å². The van der Waals surface area contributed by atoms with Crippen molar-refractivity contribution >= 4 is 5.97 Å². The maximum Gasteiger partial charge on any atom is 0.309 e. The molecule has 0 amide bonds. The Kier molecular flexibility index (Phi) is 2.98. The third kappa shape index (κ3) is 1.72. The average Bonchev–Trinajstić information content (AvgIpc) is 3.20. The predicted molar refractivity (Wildman–Crippen MR) is 77.8 cm³/mol. The van der Waals surface area contributed by atoms with Gasteiger partial charge in [-0.25, -0.2) is 0 Å². The molecule has 0 saturated heterocycles. The minimum atomic E-state index is 0.114. The molecule has 4 aliphatic rings. The van der Waals surface area contributed by atoms with Gasteiger partial charge in [0.25, 0.3) is 0 Å². The number of hydrogen-bond donors (Lipinski definition) is 0. The molecule has 2 heteroatoms. The Hall–Kier alpha value is -0.790. The van der Waals surface area contributed by atoms with Crippen molar-refractivity contribution in [2.75, 3.05) is 6.61 Å². The molecule has 0 aromatic carbocycles. The van der Waals surface area contributed by atoms with Crippen LogP contribution in [0.2, 0.25) is 0 Å². The van der Waals surface area contributed by atoms with Gasteiger partial charge < -0.3 is 4.74 Å². The molecule has 4 rings (SSSR count). The van der Waals surface area contributed by atoms with E-state index >= 15 is 0 Å². The van der Waals surface area contributed by atoms with Gasteiger partial charge in [-0.2, -0.15) is 0 Å². The van der Waals surface area contributed by atoms with E-state index in [9.17, 15) is 4.79 Å². The molecule has 0 radical (unpaired) electrons. The normalized spacial score (nSPS) is 48.6. The number of ether oxygens (including phenoxy) is 1. The molecule has 8 atom stereocenters. The number of carbonyl (C=O) groups excluding carboxylic acids is 1. The van der Waals surface area contributed by atoms with Crippen molar-refractivity contribution in [2.45, 2.75) is 39.5 Å². The second kappa shape index (κ2) is 4.61. The van der Waals surface area contributed by atoms with Crippen LogP contribution in [0.4, 0.5) is 0 Å². The topological polar surface area (TPSA) is 26.3 Å². The molecule has 20 heavy (non-hydrogen) atoms. The lowest BCUT2D eigenvalue weighted by Crippen LogP contribution is -2.35. The van der Waals surface area contributed by atoms with Gasteiger partial charge >= 0.3 is 5.97 Å². The number of rotatable bonds is 4. The van der Waals surface area contributed by atoms with Crippen molar-refractivity contribution in [3.8, 4) is 0 Å². The van der Waals surface area contributed by atoms with E-state index in [0.717, 1.165) is 42.4 Å². The third-order valence-electron chi connectivity index (χ3n) is 6.78. The van der Waals surface area contributed by atoms with Crippen LogP contribution in [0.15, 0.2) is 12.2 Å². The summed E-state index contributed by atoms with van der Waals surface area (Å²) in [5, 5.41) is 0. The van der Waals surface area contributed by atoms with E-state index in [-0.39, 0.29) is 11.9 Å². The van der Waals surface area contributed by atoms with Crippen molar-refractivity contribution in [2.24, 2.45) is 47.3 Å². The first-order chi connectivity index (χ1) is 9.69. The molecule has 0 aromatic heterocycles. The Labute approximate surface area is 122 Å². The lowest BCUT2D eigenvalue weighted by Gasteiger charge is -2.35. The predicted octanol–water partition coefficient (Wildman–Crippen LogP) is 3.67. The van der Waals surface area contributed by atoms with Gasteiger partial charge in [-0.1, -0.05) is 32.4 Å². The summed E-state index contributed by atoms with van der Waals surface area (Å²) in [7, 11) is 0.